The third kappa shape index (κ3) is 3.73. The minimum Gasteiger partial charge on any atom is -0.325 e. The summed E-state index contributed by atoms with van der Waals surface area (Å²) >= 11 is 6.25. The maximum Gasteiger partial charge on any atom is 0.0438 e. The number of nitrogens with two attached hydrogens (primary N) is 1. The molecule has 1 fully saturated rings. The lowest BCUT2D eigenvalue weighted by molar-refractivity contribution is 0.134. The van der Waals surface area contributed by atoms with Crippen LogP contribution in [0.4, 0.5) is 0 Å². The van der Waals surface area contributed by atoms with Crippen molar-refractivity contribution in [2.75, 3.05) is 0 Å². The summed E-state index contributed by atoms with van der Waals surface area (Å²) < 4.78 is 0. The molecule has 0 aromatic heterocycles. The van der Waals surface area contributed by atoms with Crippen molar-refractivity contribution in [1.29, 1.82) is 0 Å². The minimum atomic E-state index is -0.0628. The number of hydrogen-bond acceptors (Lipinski definition) is 1. The standard InChI is InChI=1S/C17H26ClN/c1-16(2,3)14-8-10-17(19,11-9-14)12-13-6-4-5-7-15(13)18/h4-7,14H,8-12,19H2,1-3H3. The van der Waals surface area contributed by atoms with E-state index in [1.165, 1.54) is 18.4 Å². The SMILES string of the molecule is CC(C)(C)C1CCC(N)(Cc2ccccc2Cl)CC1. The molecule has 2 N–H and O–H groups in total. The second kappa shape index (κ2) is 5.46. The molecule has 0 amide bonds. The Hall–Kier alpha value is -0.530. The Morgan fingerprint density at radius 1 is 1.21 bits per heavy atom. The Bertz CT molecular complexity index is 425. The average molecular weight is 280 g/mol. The van der Waals surface area contributed by atoms with Crippen LogP contribution < -0.4 is 5.73 Å². The fourth-order valence-corrected chi connectivity index (χ4v) is 3.46. The van der Waals surface area contributed by atoms with Crippen LogP contribution in [0, 0.1) is 11.3 Å². The fraction of sp³-hybridized carbons (Fsp3) is 0.647. The summed E-state index contributed by atoms with van der Waals surface area (Å²) in [5.74, 6) is 0.801. The van der Waals surface area contributed by atoms with Gasteiger partial charge in [-0.15, -0.1) is 0 Å². The third-order valence-corrected chi connectivity index (χ3v) is 5.08. The van der Waals surface area contributed by atoms with Gasteiger partial charge in [0.2, 0.25) is 0 Å². The van der Waals surface area contributed by atoms with E-state index in [9.17, 15) is 0 Å². The van der Waals surface area contributed by atoms with Crippen LogP contribution in [0.25, 0.3) is 0 Å². The van der Waals surface area contributed by atoms with Gasteiger partial charge in [-0.25, -0.2) is 0 Å². The largest absolute Gasteiger partial charge is 0.325 e. The van der Waals surface area contributed by atoms with Crippen LogP contribution in [0.5, 0.6) is 0 Å². The highest BCUT2D eigenvalue weighted by Gasteiger charge is 2.36. The molecule has 1 aromatic rings. The lowest BCUT2D eigenvalue weighted by Crippen LogP contribution is -2.46. The van der Waals surface area contributed by atoms with Crippen molar-refractivity contribution in [3.8, 4) is 0 Å². The summed E-state index contributed by atoms with van der Waals surface area (Å²) in [5, 5.41) is 0.852. The molecule has 1 aromatic carbocycles. The Balaban J connectivity index is 2.01. The summed E-state index contributed by atoms with van der Waals surface area (Å²) in [6.45, 7) is 7.03. The summed E-state index contributed by atoms with van der Waals surface area (Å²) in [6, 6.07) is 8.09. The van der Waals surface area contributed by atoms with Gasteiger partial charge in [-0.1, -0.05) is 50.6 Å². The zero-order valence-electron chi connectivity index (χ0n) is 12.4. The maximum absolute atomic E-state index is 6.61. The molecule has 1 nitrogen and oxygen atoms in total. The Morgan fingerprint density at radius 2 is 1.79 bits per heavy atom. The Morgan fingerprint density at radius 3 is 2.32 bits per heavy atom. The molecule has 0 bridgehead atoms. The van der Waals surface area contributed by atoms with Crippen LogP contribution >= 0.6 is 11.6 Å². The van der Waals surface area contributed by atoms with Crippen molar-refractivity contribution >= 4 is 11.6 Å². The molecule has 2 rings (SSSR count). The monoisotopic (exact) mass is 279 g/mol. The minimum absolute atomic E-state index is 0.0628. The first-order valence-corrected chi connectivity index (χ1v) is 7.70. The molecule has 106 valence electrons. The van der Waals surface area contributed by atoms with E-state index in [-0.39, 0.29) is 5.54 Å². The summed E-state index contributed by atoms with van der Waals surface area (Å²) in [4.78, 5) is 0. The van der Waals surface area contributed by atoms with Gasteiger partial charge in [0.15, 0.2) is 0 Å². The smallest absolute Gasteiger partial charge is 0.0438 e. The molecule has 1 aliphatic rings. The number of halogens is 1. The van der Waals surface area contributed by atoms with Crippen LogP contribution in [0.2, 0.25) is 5.02 Å². The van der Waals surface area contributed by atoms with Crippen molar-refractivity contribution < 1.29 is 0 Å². The quantitative estimate of drug-likeness (QED) is 0.825. The van der Waals surface area contributed by atoms with Gasteiger partial charge in [-0.05, 0) is 55.1 Å². The summed E-state index contributed by atoms with van der Waals surface area (Å²) in [5.41, 5.74) is 8.15. The Kier molecular flexibility index (Phi) is 4.27. The van der Waals surface area contributed by atoms with Crippen LogP contribution in [-0.4, -0.2) is 5.54 Å². The first-order valence-electron chi connectivity index (χ1n) is 7.32. The fourth-order valence-electron chi connectivity index (χ4n) is 3.26. The lowest BCUT2D eigenvalue weighted by Gasteiger charge is -2.42. The van der Waals surface area contributed by atoms with E-state index < -0.39 is 0 Å². The van der Waals surface area contributed by atoms with Crippen molar-refractivity contribution in [3.05, 3.63) is 34.9 Å². The van der Waals surface area contributed by atoms with Gasteiger partial charge >= 0.3 is 0 Å². The number of benzene rings is 1. The maximum atomic E-state index is 6.61. The zero-order valence-corrected chi connectivity index (χ0v) is 13.1. The molecule has 1 aliphatic carbocycles. The highest BCUT2D eigenvalue weighted by molar-refractivity contribution is 6.31. The van der Waals surface area contributed by atoms with E-state index >= 15 is 0 Å². The molecule has 0 atom stereocenters. The normalized spacial score (nSPS) is 28.4. The van der Waals surface area contributed by atoms with Gasteiger partial charge in [0.05, 0.1) is 0 Å². The molecule has 0 radical (unpaired) electrons. The van der Waals surface area contributed by atoms with Crippen molar-refractivity contribution in [3.63, 3.8) is 0 Å². The van der Waals surface area contributed by atoms with E-state index in [1.807, 2.05) is 18.2 Å². The van der Waals surface area contributed by atoms with Crippen molar-refractivity contribution in [1.82, 2.24) is 0 Å². The molecule has 2 heteroatoms. The molecule has 1 saturated carbocycles. The molecule has 0 heterocycles. The number of rotatable bonds is 2. The zero-order chi connectivity index (χ0) is 14.1. The van der Waals surface area contributed by atoms with Gasteiger partial charge in [0.25, 0.3) is 0 Å². The average Bonchev–Trinajstić information content (AvgIpc) is 2.31. The second-order valence-corrected chi connectivity index (χ2v) is 7.68. The molecular formula is C17H26ClN. The van der Waals surface area contributed by atoms with Crippen LogP contribution in [0.1, 0.15) is 52.0 Å². The van der Waals surface area contributed by atoms with E-state index in [4.69, 9.17) is 17.3 Å². The Labute approximate surface area is 122 Å². The van der Waals surface area contributed by atoms with Gasteiger partial charge < -0.3 is 5.73 Å². The predicted octanol–water partition coefficient (Wildman–Crippen LogP) is 4.82. The van der Waals surface area contributed by atoms with E-state index in [2.05, 4.69) is 26.8 Å². The number of hydrogen-bond donors (Lipinski definition) is 1. The molecule has 0 saturated heterocycles. The van der Waals surface area contributed by atoms with Gasteiger partial charge in [-0.3, -0.25) is 0 Å². The third-order valence-electron chi connectivity index (χ3n) is 4.71. The molecule has 19 heavy (non-hydrogen) atoms. The van der Waals surface area contributed by atoms with Crippen molar-refractivity contribution in [2.45, 2.75) is 58.4 Å². The molecule has 0 unspecified atom stereocenters. The molecule has 0 spiro atoms. The first-order chi connectivity index (χ1) is 8.80. The molecule has 0 aliphatic heterocycles. The second-order valence-electron chi connectivity index (χ2n) is 7.27. The van der Waals surface area contributed by atoms with E-state index in [0.29, 0.717) is 5.41 Å². The summed E-state index contributed by atoms with van der Waals surface area (Å²) in [6.07, 6.45) is 5.61. The lowest BCUT2D eigenvalue weighted by atomic mass is 9.66. The van der Waals surface area contributed by atoms with Gasteiger partial charge in [-0.2, -0.15) is 0 Å². The molecular weight excluding hydrogens is 254 g/mol. The highest BCUT2D eigenvalue weighted by Crippen LogP contribution is 2.41. The van der Waals surface area contributed by atoms with E-state index in [1.54, 1.807) is 0 Å². The van der Waals surface area contributed by atoms with Gasteiger partial charge in [0, 0.05) is 10.6 Å². The topological polar surface area (TPSA) is 26.0 Å². The van der Waals surface area contributed by atoms with E-state index in [0.717, 1.165) is 30.2 Å². The highest BCUT2D eigenvalue weighted by atomic mass is 35.5. The van der Waals surface area contributed by atoms with Crippen LogP contribution in [0.15, 0.2) is 24.3 Å². The van der Waals surface area contributed by atoms with Crippen molar-refractivity contribution in [2.24, 2.45) is 17.1 Å². The van der Waals surface area contributed by atoms with Gasteiger partial charge in [0.1, 0.15) is 0 Å². The summed E-state index contributed by atoms with van der Waals surface area (Å²) in [7, 11) is 0. The predicted molar refractivity (Wildman–Crippen MR) is 83.5 cm³/mol. The first kappa shape index (κ1) is 14.9. The van der Waals surface area contributed by atoms with Crippen LogP contribution in [-0.2, 0) is 6.42 Å². The van der Waals surface area contributed by atoms with Crippen LogP contribution in [0.3, 0.4) is 0 Å².